The Morgan fingerprint density at radius 2 is 2.21 bits per heavy atom. The minimum absolute atomic E-state index is 0.137. The Kier molecular flexibility index (Phi) is 5.81. The van der Waals surface area contributed by atoms with Gasteiger partial charge in [-0.05, 0) is 43.2 Å². The lowest BCUT2D eigenvalue weighted by atomic mass is 10.2. The van der Waals surface area contributed by atoms with E-state index in [1.165, 1.54) is 0 Å². The number of amidine groups is 1. The third-order valence-corrected chi connectivity index (χ3v) is 4.21. The lowest BCUT2D eigenvalue weighted by Gasteiger charge is -2.23. The second-order valence-electron chi connectivity index (χ2n) is 4.49. The third-order valence-electron chi connectivity index (χ3n) is 3.30. The molecule has 1 atom stereocenters. The normalized spacial score (nSPS) is 14.1. The molecule has 0 bridgehead atoms. The monoisotopic (exact) mass is 331 g/mol. The Morgan fingerprint density at radius 3 is 2.68 bits per heavy atom. The summed E-state index contributed by atoms with van der Waals surface area (Å²) in [5, 5.41) is 16.3. The number of halogens is 1. The number of nitrogens with zero attached hydrogens (tertiary/aromatic N) is 4. The molecule has 1 aromatic rings. The summed E-state index contributed by atoms with van der Waals surface area (Å²) in [6.07, 6.45) is 0.889. The van der Waals surface area contributed by atoms with Crippen LogP contribution in [0.3, 0.4) is 0 Å². The van der Waals surface area contributed by atoms with Gasteiger partial charge in [0.15, 0.2) is 5.84 Å². The zero-order valence-corrected chi connectivity index (χ0v) is 13.5. The molecular weight excluding hydrogens is 310 g/mol. The molecule has 0 amide bonds. The smallest absolute Gasteiger partial charge is 0.156 e. The average Bonchev–Trinajstić information content (AvgIpc) is 2.73. The number of hydrogen-bond acceptors (Lipinski definition) is 4. The van der Waals surface area contributed by atoms with Crippen LogP contribution in [0.5, 0.6) is 0 Å². The van der Waals surface area contributed by atoms with Crippen LogP contribution in [0.15, 0.2) is 9.63 Å². The van der Waals surface area contributed by atoms with Crippen molar-refractivity contribution in [2.75, 3.05) is 7.05 Å². The predicted molar refractivity (Wildman–Crippen MR) is 79.3 cm³/mol. The first kappa shape index (κ1) is 16.0. The van der Waals surface area contributed by atoms with Gasteiger partial charge in [0.2, 0.25) is 0 Å². The van der Waals surface area contributed by atoms with Gasteiger partial charge in [0, 0.05) is 13.1 Å². The van der Waals surface area contributed by atoms with Crippen molar-refractivity contribution in [3.05, 3.63) is 15.9 Å². The first-order valence-electron chi connectivity index (χ1n) is 6.37. The molecule has 1 unspecified atom stereocenters. The van der Waals surface area contributed by atoms with E-state index >= 15 is 0 Å². The fraction of sp³-hybridized carbons (Fsp3) is 0.667. The van der Waals surface area contributed by atoms with Crippen molar-refractivity contribution in [3.8, 4) is 0 Å². The molecule has 19 heavy (non-hydrogen) atoms. The molecule has 3 N–H and O–H groups in total. The maximum absolute atomic E-state index is 8.73. The molecule has 0 aromatic carbocycles. The van der Waals surface area contributed by atoms with Crippen molar-refractivity contribution in [2.24, 2.45) is 10.9 Å². The molecule has 7 heteroatoms. The van der Waals surface area contributed by atoms with Gasteiger partial charge in [-0.3, -0.25) is 9.58 Å². The van der Waals surface area contributed by atoms with Crippen LogP contribution in [0.1, 0.15) is 32.2 Å². The minimum Gasteiger partial charge on any atom is -0.409 e. The molecule has 0 fully saturated rings. The minimum atomic E-state index is -0.137. The Labute approximate surface area is 122 Å². The molecule has 1 aromatic heterocycles. The fourth-order valence-electron chi connectivity index (χ4n) is 1.85. The Bertz CT molecular complexity index is 457. The second kappa shape index (κ2) is 6.91. The number of aryl methyl sites for hydroxylation is 2. The highest BCUT2D eigenvalue weighted by Gasteiger charge is 2.19. The van der Waals surface area contributed by atoms with Crippen LogP contribution in [0.25, 0.3) is 0 Å². The number of oxime groups is 1. The summed E-state index contributed by atoms with van der Waals surface area (Å²) in [6.45, 7) is 7.55. The van der Waals surface area contributed by atoms with E-state index in [2.05, 4.69) is 40.0 Å². The zero-order valence-electron chi connectivity index (χ0n) is 11.9. The molecule has 1 rings (SSSR count). The quantitative estimate of drug-likeness (QED) is 0.360. The number of rotatable bonds is 6. The number of likely N-dealkylation sites (N-methyl/N-ethyl adjacent to an activating group) is 1. The summed E-state index contributed by atoms with van der Waals surface area (Å²) < 4.78 is 3.04. The van der Waals surface area contributed by atoms with Gasteiger partial charge in [-0.2, -0.15) is 5.10 Å². The number of nitrogens with two attached hydrogens (primary N) is 1. The van der Waals surface area contributed by atoms with Crippen LogP contribution in [0.4, 0.5) is 0 Å². The summed E-state index contributed by atoms with van der Waals surface area (Å²) in [7, 11) is 1.94. The highest BCUT2D eigenvalue weighted by Crippen LogP contribution is 2.23. The van der Waals surface area contributed by atoms with Crippen molar-refractivity contribution in [2.45, 2.75) is 46.3 Å². The van der Waals surface area contributed by atoms with E-state index in [0.29, 0.717) is 6.54 Å². The molecule has 0 saturated carbocycles. The predicted octanol–water partition coefficient (Wildman–Crippen LogP) is 1.79. The van der Waals surface area contributed by atoms with Crippen LogP contribution in [-0.4, -0.2) is 38.8 Å². The summed E-state index contributed by atoms with van der Waals surface area (Å²) in [6, 6.07) is -0.137. The van der Waals surface area contributed by atoms with Gasteiger partial charge >= 0.3 is 0 Å². The van der Waals surface area contributed by atoms with Crippen LogP contribution >= 0.6 is 15.9 Å². The van der Waals surface area contributed by atoms with Crippen molar-refractivity contribution < 1.29 is 5.21 Å². The van der Waals surface area contributed by atoms with Gasteiger partial charge < -0.3 is 10.9 Å². The van der Waals surface area contributed by atoms with Crippen LogP contribution in [-0.2, 0) is 19.5 Å². The van der Waals surface area contributed by atoms with Crippen molar-refractivity contribution in [3.63, 3.8) is 0 Å². The summed E-state index contributed by atoms with van der Waals surface area (Å²) in [5.41, 5.74) is 7.80. The maximum Gasteiger partial charge on any atom is 0.156 e. The Hall–Kier alpha value is -1.08. The van der Waals surface area contributed by atoms with Crippen molar-refractivity contribution >= 4 is 21.8 Å². The van der Waals surface area contributed by atoms with E-state index in [0.717, 1.165) is 28.8 Å². The maximum atomic E-state index is 8.73. The molecule has 0 radical (unpaired) electrons. The lowest BCUT2D eigenvalue weighted by Crippen LogP contribution is -2.40. The van der Waals surface area contributed by atoms with E-state index in [9.17, 15) is 0 Å². The summed E-state index contributed by atoms with van der Waals surface area (Å²) in [5.74, 6) is 0.205. The van der Waals surface area contributed by atoms with E-state index in [-0.39, 0.29) is 11.9 Å². The molecule has 0 spiro atoms. The van der Waals surface area contributed by atoms with Gasteiger partial charge in [0.05, 0.1) is 21.9 Å². The largest absolute Gasteiger partial charge is 0.409 e. The molecule has 0 aliphatic rings. The van der Waals surface area contributed by atoms with Gasteiger partial charge in [-0.15, -0.1) is 0 Å². The molecule has 1 heterocycles. The summed E-state index contributed by atoms with van der Waals surface area (Å²) >= 11 is 3.61. The number of hydrogen-bond donors (Lipinski definition) is 2. The Balaban J connectivity index is 2.96. The van der Waals surface area contributed by atoms with E-state index in [1.807, 2.05) is 23.6 Å². The van der Waals surface area contributed by atoms with Crippen molar-refractivity contribution in [1.29, 1.82) is 0 Å². The van der Waals surface area contributed by atoms with Gasteiger partial charge in [-0.25, -0.2) is 0 Å². The van der Waals surface area contributed by atoms with E-state index in [4.69, 9.17) is 10.9 Å². The molecule has 0 aliphatic heterocycles. The van der Waals surface area contributed by atoms with Crippen molar-refractivity contribution in [1.82, 2.24) is 14.7 Å². The highest BCUT2D eigenvalue weighted by molar-refractivity contribution is 9.10. The first-order valence-corrected chi connectivity index (χ1v) is 7.17. The third kappa shape index (κ3) is 3.48. The lowest BCUT2D eigenvalue weighted by molar-refractivity contribution is 0.273. The fourth-order valence-corrected chi connectivity index (χ4v) is 2.54. The molecule has 6 nitrogen and oxygen atoms in total. The molecular formula is C12H22BrN5O. The van der Waals surface area contributed by atoms with Gasteiger partial charge in [0.1, 0.15) is 0 Å². The molecule has 0 saturated heterocycles. The van der Waals surface area contributed by atoms with Crippen LogP contribution in [0.2, 0.25) is 0 Å². The van der Waals surface area contributed by atoms with Gasteiger partial charge in [-0.1, -0.05) is 12.1 Å². The van der Waals surface area contributed by atoms with Crippen LogP contribution in [0, 0.1) is 0 Å². The number of aromatic nitrogens is 2. The standard InChI is InChI=1S/C12H22BrN5O/c1-5-9-11(13)10(18(6-2)15-9)7-17(4)8(3)12(14)16-19/h8,19H,5-7H2,1-4H3,(H2,14,16). The second-order valence-corrected chi connectivity index (χ2v) is 5.29. The Morgan fingerprint density at radius 1 is 1.58 bits per heavy atom. The SMILES string of the molecule is CCc1nn(CC)c(CN(C)C(C)C(N)=NO)c1Br. The topological polar surface area (TPSA) is 79.7 Å². The zero-order chi connectivity index (χ0) is 14.6. The average molecular weight is 332 g/mol. The highest BCUT2D eigenvalue weighted by atomic mass is 79.9. The molecule has 108 valence electrons. The van der Waals surface area contributed by atoms with Crippen LogP contribution < -0.4 is 5.73 Å². The first-order chi connectivity index (χ1) is 8.96. The van der Waals surface area contributed by atoms with E-state index in [1.54, 1.807) is 0 Å². The molecule has 0 aliphatic carbocycles. The summed E-state index contributed by atoms with van der Waals surface area (Å²) in [4.78, 5) is 2.02. The van der Waals surface area contributed by atoms with Gasteiger partial charge in [0.25, 0.3) is 0 Å². The van der Waals surface area contributed by atoms with E-state index < -0.39 is 0 Å².